The van der Waals surface area contributed by atoms with Crippen LogP contribution in [0.2, 0.25) is 0 Å². The highest BCUT2D eigenvalue weighted by Crippen LogP contribution is 2.32. The number of benzene rings is 1. The molecule has 1 aromatic carbocycles. The molecule has 4 atom stereocenters. The van der Waals surface area contributed by atoms with Crippen molar-refractivity contribution in [2.75, 3.05) is 12.4 Å². The normalized spacial score (nSPS) is 23.1. The zero-order valence-corrected chi connectivity index (χ0v) is 18.4. The maximum absolute atomic E-state index is 12.6. The summed E-state index contributed by atoms with van der Waals surface area (Å²) in [5.41, 5.74) is 0.916. The van der Waals surface area contributed by atoms with Crippen LogP contribution in [-0.2, 0) is 4.79 Å². The van der Waals surface area contributed by atoms with E-state index in [-0.39, 0.29) is 17.2 Å². The summed E-state index contributed by atoms with van der Waals surface area (Å²) < 4.78 is 5.94. The van der Waals surface area contributed by atoms with Crippen molar-refractivity contribution < 1.29 is 9.53 Å². The summed E-state index contributed by atoms with van der Waals surface area (Å²) in [4.78, 5) is 12.6. The molecule has 3 rings (SSSR count). The van der Waals surface area contributed by atoms with E-state index in [0.29, 0.717) is 17.0 Å². The lowest BCUT2D eigenvalue weighted by Crippen LogP contribution is -2.46. The first kappa shape index (κ1) is 20.9. The summed E-state index contributed by atoms with van der Waals surface area (Å²) in [6.45, 7) is 6.45. The molecule has 1 saturated carbocycles. The first-order valence-electron chi connectivity index (χ1n) is 9.68. The van der Waals surface area contributed by atoms with Crippen LogP contribution >= 0.6 is 23.1 Å². The maximum atomic E-state index is 12.6. The van der Waals surface area contributed by atoms with E-state index in [1.807, 2.05) is 31.2 Å². The molecule has 152 valence electrons. The lowest BCUT2D eigenvalue weighted by atomic mass is 9.78. The van der Waals surface area contributed by atoms with Crippen molar-refractivity contribution in [3.05, 3.63) is 24.3 Å². The van der Waals surface area contributed by atoms with Crippen molar-refractivity contribution in [1.82, 2.24) is 15.5 Å². The van der Waals surface area contributed by atoms with Crippen LogP contribution in [0.1, 0.15) is 40.0 Å². The molecule has 1 aliphatic rings. The number of carbonyl (C=O) groups excluding carboxylic acids is 1. The van der Waals surface area contributed by atoms with E-state index < -0.39 is 0 Å². The van der Waals surface area contributed by atoms with Crippen molar-refractivity contribution in [3.63, 3.8) is 0 Å². The van der Waals surface area contributed by atoms with Gasteiger partial charge in [-0.15, -0.1) is 10.2 Å². The van der Waals surface area contributed by atoms with Crippen LogP contribution in [0.4, 0.5) is 10.8 Å². The number of amides is 1. The molecule has 0 radical (unpaired) electrons. The topological polar surface area (TPSA) is 76.1 Å². The number of rotatable bonds is 7. The highest BCUT2D eigenvalue weighted by Gasteiger charge is 2.29. The minimum atomic E-state index is -0.203. The Balaban J connectivity index is 1.52. The van der Waals surface area contributed by atoms with Gasteiger partial charge in [-0.25, -0.2) is 0 Å². The summed E-state index contributed by atoms with van der Waals surface area (Å²) in [6.07, 6.45) is 3.52. The number of aromatic nitrogens is 2. The van der Waals surface area contributed by atoms with E-state index in [1.54, 1.807) is 7.11 Å². The predicted octanol–water partition coefficient (Wildman–Crippen LogP) is 4.71. The van der Waals surface area contributed by atoms with Gasteiger partial charge in [0, 0.05) is 11.7 Å². The zero-order chi connectivity index (χ0) is 20.1. The SMILES string of the molecule is COc1ccc(Nc2nnc(S[C@H](C)C(=O)N[C@@H]3CCC[C@@H](C)[C@H]3C)s2)cc1. The molecule has 0 saturated heterocycles. The Morgan fingerprint density at radius 2 is 2.00 bits per heavy atom. The number of thioether (sulfide) groups is 1. The molecule has 0 unspecified atom stereocenters. The predicted molar refractivity (Wildman–Crippen MR) is 116 cm³/mol. The second-order valence-electron chi connectivity index (χ2n) is 7.37. The van der Waals surface area contributed by atoms with E-state index in [0.717, 1.165) is 22.2 Å². The second-order valence-corrected chi connectivity index (χ2v) is 9.93. The second kappa shape index (κ2) is 9.60. The van der Waals surface area contributed by atoms with Gasteiger partial charge in [0.15, 0.2) is 4.34 Å². The van der Waals surface area contributed by atoms with Crippen LogP contribution in [0.5, 0.6) is 5.75 Å². The number of nitrogens with zero attached hydrogens (tertiary/aromatic N) is 2. The van der Waals surface area contributed by atoms with E-state index in [4.69, 9.17) is 4.74 Å². The van der Waals surface area contributed by atoms with Crippen LogP contribution in [0.3, 0.4) is 0 Å². The van der Waals surface area contributed by atoms with Crippen LogP contribution in [0.25, 0.3) is 0 Å². The number of methoxy groups -OCH3 is 1. The first-order chi connectivity index (χ1) is 13.5. The standard InChI is InChI=1S/C20H28N4O2S2/c1-12-6-5-7-17(13(12)2)22-18(25)14(3)27-20-24-23-19(28-20)21-15-8-10-16(26-4)11-9-15/h8-14,17H,5-7H2,1-4H3,(H,21,23)(H,22,25)/t12-,13-,14-,17-/m1/s1. The Hall–Kier alpha value is -1.80. The Labute approximate surface area is 174 Å². The van der Waals surface area contributed by atoms with Gasteiger partial charge in [0.2, 0.25) is 11.0 Å². The van der Waals surface area contributed by atoms with Gasteiger partial charge in [-0.1, -0.05) is 49.8 Å². The largest absolute Gasteiger partial charge is 0.497 e. The number of hydrogen-bond acceptors (Lipinski definition) is 7. The fourth-order valence-corrected chi connectivity index (χ4v) is 5.32. The third kappa shape index (κ3) is 5.38. The molecule has 1 aromatic heterocycles. The number of ether oxygens (including phenoxy) is 1. The Morgan fingerprint density at radius 1 is 1.25 bits per heavy atom. The molecule has 1 heterocycles. The Morgan fingerprint density at radius 3 is 2.71 bits per heavy atom. The minimum Gasteiger partial charge on any atom is -0.497 e. The fourth-order valence-electron chi connectivity index (χ4n) is 3.40. The maximum Gasteiger partial charge on any atom is 0.233 e. The average molecular weight is 421 g/mol. The van der Waals surface area contributed by atoms with Gasteiger partial charge in [-0.05, 0) is 49.4 Å². The summed E-state index contributed by atoms with van der Waals surface area (Å²) in [6, 6.07) is 7.91. The monoisotopic (exact) mass is 420 g/mol. The molecule has 1 amide bonds. The van der Waals surface area contributed by atoms with Gasteiger partial charge in [0.1, 0.15) is 5.75 Å². The van der Waals surface area contributed by atoms with Crippen LogP contribution in [-0.4, -0.2) is 34.5 Å². The summed E-state index contributed by atoms with van der Waals surface area (Å²) in [5, 5.41) is 15.4. The van der Waals surface area contributed by atoms with Gasteiger partial charge < -0.3 is 15.4 Å². The molecule has 1 fully saturated rings. The molecule has 8 heteroatoms. The van der Waals surface area contributed by atoms with Gasteiger partial charge in [-0.2, -0.15) is 0 Å². The van der Waals surface area contributed by atoms with Gasteiger partial charge >= 0.3 is 0 Å². The van der Waals surface area contributed by atoms with Gasteiger partial charge in [0.05, 0.1) is 12.4 Å². The first-order valence-corrected chi connectivity index (χ1v) is 11.4. The Kier molecular flexibility index (Phi) is 7.18. The number of carbonyl (C=O) groups is 1. The molecule has 28 heavy (non-hydrogen) atoms. The van der Waals surface area contributed by atoms with E-state index in [2.05, 4.69) is 34.7 Å². The summed E-state index contributed by atoms with van der Waals surface area (Å²) >= 11 is 2.90. The van der Waals surface area contributed by atoms with E-state index >= 15 is 0 Å². The summed E-state index contributed by atoms with van der Waals surface area (Å²) in [5.74, 6) is 2.07. The molecule has 2 N–H and O–H groups in total. The number of nitrogens with one attached hydrogen (secondary N) is 2. The van der Waals surface area contributed by atoms with Gasteiger partial charge in [-0.3, -0.25) is 4.79 Å². The third-order valence-corrected chi connectivity index (χ3v) is 7.45. The Bertz CT molecular complexity index is 781. The minimum absolute atomic E-state index is 0.0795. The fraction of sp³-hybridized carbons (Fsp3) is 0.550. The van der Waals surface area contributed by atoms with E-state index in [1.165, 1.54) is 35.9 Å². The third-order valence-electron chi connectivity index (χ3n) is 5.43. The number of anilines is 2. The summed E-state index contributed by atoms with van der Waals surface area (Å²) in [7, 11) is 1.64. The molecular weight excluding hydrogens is 392 g/mol. The van der Waals surface area contributed by atoms with Crippen molar-refractivity contribution in [3.8, 4) is 5.75 Å². The van der Waals surface area contributed by atoms with Crippen LogP contribution in [0.15, 0.2) is 28.6 Å². The van der Waals surface area contributed by atoms with Crippen LogP contribution < -0.4 is 15.4 Å². The lowest BCUT2D eigenvalue weighted by Gasteiger charge is -2.35. The van der Waals surface area contributed by atoms with Crippen molar-refractivity contribution >= 4 is 39.8 Å². The molecule has 2 aromatic rings. The highest BCUT2D eigenvalue weighted by molar-refractivity contribution is 8.02. The quantitative estimate of drug-likeness (QED) is 0.632. The smallest absolute Gasteiger partial charge is 0.233 e. The molecular formula is C20H28N4O2S2. The number of hydrogen-bond donors (Lipinski definition) is 2. The van der Waals surface area contributed by atoms with Gasteiger partial charge in [0.25, 0.3) is 0 Å². The molecule has 1 aliphatic carbocycles. The van der Waals surface area contributed by atoms with Crippen molar-refractivity contribution in [1.29, 1.82) is 0 Å². The lowest BCUT2D eigenvalue weighted by molar-refractivity contribution is -0.121. The van der Waals surface area contributed by atoms with Crippen molar-refractivity contribution in [2.24, 2.45) is 11.8 Å². The van der Waals surface area contributed by atoms with Crippen molar-refractivity contribution in [2.45, 2.75) is 55.7 Å². The highest BCUT2D eigenvalue weighted by atomic mass is 32.2. The van der Waals surface area contributed by atoms with E-state index in [9.17, 15) is 4.79 Å². The molecule has 6 nitrogen and oxygen atoms in total. The molecule has 0 aliphatic heterocycles. The van der Waals surface area contributed by atoms with Crippen LogP contribution in [0, 0.1) is 11.8 Å². The zero-order valence-electron chi connectivity index (χ0n) is 16.8. The molecule has 0 bridgehead atoms. The molecule has 0 spiro atoms. The average Bonchev–Trinajstić information content (AvgIpc) is 3.12.